The number of hydrogen-bond donors (Lipinski definition) is 1. The maximum absolute atomic E-state index is 5.46. The maximum Gasteiger partial charge on any atom is 0.237 e. The molecule has 8 nitrogen and oxygen atoms in total. The van der Waals surface area contributed by atoms with E-state index in [1.165, 1.54) is 0 Å². The highest BCUT2D eigenvalue weighted by Crippen LogP contribution is 2.34. The van der Waals surface area contributed by atoms with Gasteiger partial charge in [0.05, 0.1) is 19.7 Å². The van der Waals surface area contributed by atoms with Crippen LogP contribution in [-0.2, 0) is 4.74 Å². The Hall–Kier alpha value is -2.87. The topological polar surface area (TPSA) is 83.3 Å². The third-order valence-electron chi connectivity index (χ3n) is 4.82. The molecule has 1 aromatic carbocycles. The van der Waals surface area contributed by atoms with Crippen LogP contribution in [0.4, 0.5) is 5.82 Å². The summed E-state index contributed by atoms with van der Waals surface area (Å²) in [5.41, 5.74) is 0.779. The van der Waals surface area contributed by atoms with E-state index in [0.29, 0.717) is 23.4 Å². The number of nitrogens with one attached hydrogen (secondary N) is 1. The van der Waals surface area contributed by atoms with Crippen molar-refractivity contribution < 1.29 is 14.2 Å². The molecule has 0 aliphatic carbocycles. The summed E-state index contributed by atoms with van der Waals surface area (Å²) in [6.45, 7) is 2.48. The minimum absolute atomic E-state index is 0.557. The number of imidazole rings is 1. The number of rotatable bonds is 6. The van der Waals surface area contributed by atoms with E-state index in [1.54, 1.807) is 31.3 Å². The molecule has 1 aliphatic rings. The Morgan fingerprint density at radius 2 is 1.93 bits per heavy atom. The molecular formula is C19H23N5O3. The van der Waals surface area contributed by atoms with Gasteiger partial charge in [0.15, 0.2) is 11.5 Å². The fraction of sp³-hybridized carbons (Fsp3) is 0.421. The fourth-order valence-corrected chi connectivity index (χ4v) is 3.26. The number of aromatic nitrogens is 4. The van der Waals surface area contributed by atoms with Gasteiger partial charge in [0.1, 0.15) is 12.1 Å². The van der Waals surface area contributed by atoms with Crippen molar-refractivity contribution in [2.24, 2.45) is 5.92 Å². The van der Waals surface area contributed by atoms with Crippen molar-refractivity contribution in [3.63, 3.8) is 0 Å². The molecule has 142 valence electrons. The van der Waals surface area contributed by atoms with Gasteiger partial charge in [-0.05, 0) is 24.8 Å². The maximum atomic E-state index is 5.46. The summed E-state index contributed by atoms with van der Waals surface area (Å²) in [6, 6.07) is 3.79. The van der Waals surface area contributed by atoms with Gasteiger partial charge in [-0.25, -0.2) is 9.97 Å². The molecule has 0 atom stereocenters. The molecule has 2 aromatic heterocycles. The summed E-state index contributed by atoms with van der Waals surface area (Å²) >= 11 is 0. The van der Waals surface area contributed by atoms with E-state index in [9.17, 15) is 0 Å². The molecule has 3 aromatic rings. The zero-order chi connectivity index (χ0) is 18.6. The summed E-state index contributed by atoms with van der Waals surface area (Å²) in [5.74, 6) is 3.19. The second kappa shape index (κ2) is 7.79. The van der Waals surface area contributed by atoms with Crippen molar-refractivity contribution in [1.29, 1.82) is 0 Å². The molecule has 1 fully saturated rings. The van der Waals surface area contributed by atoms with Crippen LogP contribution in [0.25, 0.3) is 16.9 Å². The lowest BCUT2D eigenvalue weighted by molar-refractivity contribution is 0.0699. The van der Waals surface area contributed by atoms with Crippen LogP contribution in [0.3, 0.4) is 0 Å². The Bertz CT molecular complexity index is 907. The highest BCUT2D eigenvalue weighted by atomic mass is 16.5. The van der Waals surface area contributed by atoms with Crippen LogP contribution in [0.15, 0.2) is 30.9 Å². The van der Waals surface area contributed by atoms with Gasteiger partial charge in [-0.2, -0.15) is 4.98 Å². The standard InChI is InChI=1S/C19H23N5O3/c1-25-16-9-14-15(10-17(16)26-2)22-19(24-6-5-20-12-24)23-18(14)21-11-13-3-7-27-8-4-13/h5-6,9-10,12-13H,3-4,7-8,11H2,1-2H3,(H,21,22,23). The Morgan fingerprint density at radius 3 is 2.63 bits per heavy atom. The van der Waals surface area contributed by atoms with Crippen LogP contribution in [0.1, 0.15) is 12.8 Å². The molecule has 0 unspecified atom stereocenters. The SMILES string of the molecule is COc1cc2nc(-n3ccnc3)nc(NCC3CCOCC3)c2cc1OC. The number of ether oxygens (including phenoxy) is 3. The Labute approximate surface area is 157 Å². The highest BCUT2D eigenvalue weighted by molar-refractivity contribution is 5.92. The second-order valence-corrected chi connectivity index (χ2v) is 6.50. The normalized spacial score (nSPS) is 15.0. The van der Waals surface area contributed by atoms with Crippen LogP contribution < -0.4 is 14.8 Å². The van der Waals surface area contributed by atoms with Crippen molar-refractivity contribution in [1.82, 2.24) is 19.5 Å². The van der Waals surface area contributed by atoms with Gasteiger partial charge >= 0.3 is 0 Å². The number of nitrogens with zero attached hydrogens (tertiary/aromatic N) is 4. The van der Waals surface area contributed by atoms with E-state index < -0.39 is 0 Å². The number of benzene rings is 1. The zero-order valence-corrected chi connectivity index (χ0v) is 15.5. The third-order valence-corrected chi connectivity index (χ3v) is 4.82. The van der Waals surface area contributed by atoms with Crippen molar-refractivity contribution in [2.45, 2.75) is 12.8 Å². The van der Waals surface area contributed by atoms with Crippen LogP contribution >= 0.6 is 0 Å². The first-order chi connectivity index (χ1) is 13.3. The molecule has 4 rings (SSSR count). The number of methoxy groups -OCH3 is 2. The quantitative estimate of drug-likeness (QED) is 0.715. The summed E-state index contributed by atoms with van der Waals surface area (Å²) in [5, 5.41) is 4.40. The lowest BCUT2D eigenvalue weighted by Gasteiger charge is -2.23. The molecular weight excluding hydrogens is 346 g/mol. The molecule has 3 heterocycles. The molecule has 0 spiro atoms. The molecule has 8 heteroatoms. The molecule has 0 amide bonds. The minimum atomic E-state index is 0.557. The second-order valence-electron chi connectivity index (χ2n) is 6.50. The van der Waals surface area contributed by atoms with Crippen molar-refractivity contribution >= 4 is 16.7 Å². The first-order valence-electron chi connectivity index (χ1n) is 9.02. The molecule has 1 aliphatic heterocycles. The minimum Gasteiger partial charge on any atom is -0.493 e. The summed E-state index contributed by atoms with van der Waals surface area (Å²) < 4.78 is 18.1. The lowest BCUT2D eigenvalue weighted by Crippen LogP contribution is -2.23. The zero-order valence-electron chi connectivity index (χ0n) is 15.5. The van der Waals surface area contributed by atoms with Crippen LogP contribution in [0, 0.1) is 5.92 Å². The molecule has 27 heavy (non-hydrogen) atoms. The number of fused-ring (bicyclic) bond motifs is 1. The van der Waals surface area contributed by atoms with Crippen molar-refractivity contribution in [3.05, 3.63) is 30.9 Å². The monoisotopic (exact) mass is 369 g/mol. The average molecular weight is 369 g/mol. The predicted octanol–water partition coefficient (Wildman–Crippen LogP) is 2.67. The van der Waals surface area contributed by atoms with E-state index in [2.05, 4.69) is 15.3 Å². The first kappa shape index (κ1) is 17.5. The van der Waals surface area contributed by atoms with Crippen LogP contribution in [0.2, 0.25) is 0 Å². The highest BCUT2D eigenvalue weighted by Gasteiger charge is 2.17. The summed E-state index contributed by atoms with van der Waals surface area (Å²) in [4.78, 5) is 13.5. The lowest BCUT2D eigenvalue weighted by atomic mass is 10.0. The molecule has 1 saturated heterocycles. The summed E-state index contributed by atoms with van der Waals surface area (Å²) in [6.07, 6.45) is 7.33. The van der Waals surface area contributed by atoms with E-state index in [1.807, 2.05) is 18.3 Å². The largest absolute Gasteiger partial charge is 0.493 e. The Kier molecular flexibility index (Phi) is 5.06. The summed E-state index contributed by atoms with van der Waals surface area (Å²) in [7, 11) is 3.24. The van der Waals surface area contributed by atoms with Gasteiger partial charge < -0.3 is 19.5 Å². The van der Waals surface area contributed by atoms with Crippen molar-refractivity contribution in [3.8, 4) is 17.4 Å². The molecule has 0 radical (unpaired) electrons. The van der Waals surface area contributed by atoms with Gasteiger partial charge in [0.25, 0.3) is 0 Å². The third kappa shape index (κ3) is 3.66. The Balaban J connectivity index is 1.75. The molecule has 0 saturated carbocycles. The Morgan fingerprint density at radius 1 is 1.15 bits per heavy atom. The van der Waals surface area contributed by atoms with E-state index in [0.717, 1.165) is 49.3 Å². The molecule has 0 bridgehead atoms. The molecule has 1 N–H and O–H groups in total. The van der Waals surface area contributed by atoms with Crippen molar-refractivity contribution in [2.75, 3.05) is 39.3 Å². The number of anilines is 1. The van der Waals surface area contributed by atoms with Gasteiger partial charge in [0, 0.05) is 43.6 Å². The van der Waals surface area contributed by atoms with Gasteiger partial charge in [-0.3, -0.25) is 4.57 Å². The average Bonchev–Trinajstić information content (AvgIpc) is 3.26. The van der Waals surface area contributed by atoms with E-state index in [-0.39, 0.29) is 0 Å². The van der Waals surface area contributed by atoms with Crippen LogP contribution in [-0.4, -0.2) is 53.5 Å². The van der Waals surface area contributed by atoms with Gasteiger partial charge in [0.2, 0.25) is 5.95 Å². The van der Waals surface area contributed by atoms with Gasteiger partial charge in [-0.15, -0.1) is 0 Å². The number of hydrogen-bond acceptors (Lipinski definition) is 7. The first-order valence-corrected chi connectivity index (χ1v) is 9.02. The van der Waals surface area contributed by atoms with Gasteiger partial charge in [-0.1, -0.05) is 0 Å². The fourth-order valence-electron chi connectivity index (χ4n) is 3.26. The predicted molar refractivity (Wildman–Crippen MR) is 102 cm³/mol. The van der Waals surface area contributed by atoms with Crippen LogP contribution in [0.5, 0.6) is 11.5 Å². The van der Waals surface area contributed by atoms with E-state index >= 15 is 0 Å². The van der Waals surface area contributed by atoms with E-state index in [4.69, 9.17) is 19.2 Å². The smallest absolute Gasteiger partial charge is 0.237 e.